The zero-order valence-electron chi connectivity index (χ0n) is 17.2. The lowest BCUT2D eigenvalue weighted by Crippen LogP contribution is -2.31. The molecule has 0 aliphatic carbocycles. The number of nitrogen functional groups attached to an aromatic ring is 1. The van der Waals surface area contributed by atoms with Crippen LogP contribution in [0, 0.1) is 24.0 Å². The maximum atomic E-state index is 15.3. The quantitative estimate of drug-likeness (QED) is 0.393. The molecule has 0 unspecified atom stereocenters. The van der Waals surface area contributed by atoms with Crippen molar-refractivity contribution < 1.29 is 18.3 Å². The summed E-state index contributed by atoms with van der Waals surface area (Å²) < 4.78 is 35.0. The zero-order valence-corrected chi connectivity index (χ0v) is 17.2. The molecule has 31 heavy (non-hydrogen) atoms. The maximum absolute atomic E-state index is 15.3. The maximum Gasteiger partial charge on any atom is 0.254 e. The molecule has 0 spiro atoms. The number of carbonyl (C=O) groups excluding carboxylic acids is 1. The number of amidine groups is 1. The predicted octanol–water partition coefficient (Wildman–Crippen LogP) is 4.23. The van der Waals surface area contributed by atoms with Gasteiger partial charge in [-0.2, -0.15) is 0 Å². The summed E-state index contributed by atoms with van der Waals surface area (Å²) in [4.78, 5) is 12.7. The summed E-state index contributed by atoms with van der Waals surface area (Å²) >= 11 is 0. The molecule has 0 saturated carbocycles. The molecule has 1 atom stereocenters. The second-order valence-corrected chi connectivity index (χ2v) is 7.13. The molecule has 3 aromatic carbocycles. The molecule has 160 valence electrons. The Balaban J connectivity index is 1.83. The molecule has 7 heteroatoms. The second-order valence-electron chi connectivity index (χ2n) is 7.13. The molecule has 0 bridgehead atoms. The first-order valence-electron chi connectivity index (χ1n) is 9.60. The SMILES string of the molecule is CO[C@H](C(=O)NCc1ccc(C(=N)N)cc1)c1c(F)ccc(-c2ccc(C)cc2)c1F. The fourth-order valence-corrected chi connectivity index (χ4v) is 3.21. The first-order chi connectivity index (χ1) is 14.8. The van der Waals surface area contributed by atoms with E-state index in [2.05, 4.69) is 5.32 Å². The van der Waals surface area contributed by atoms with E-state index in [4.69, 9.17) is 15.9 Å². The van der Waals surface area contributed by atoms with Crippen molar-refractivity contribution >= 4 is 11.7 Å². The molecule has 0 aliphatic rings. The largest absolute Gasteiger partial charge is 0.384 e. The topological polar surface area (TPSA) is 88.2 Å². The molecule has 0 saturated heterocycles. The first kappa shape index (κ1) is 22.1. The summed E-state index contributed by atoms with van der Waals surface area (Å²) in [5.74, 6) is -2.43. The van der Waals surface area contributed by atoms with Crippen molar-refractivity contribution in [1.29, 1.82) is 5.41 Å². The monoisotopic (exact) mass is 423 g/mol. The molecular weight excluding hydrogens is 400 g/mol. The van der Waals surface area contributed by atoms with Gasteiger partial charge in [0.25, 0.3) is 5.91 Å². The summed E-state index contributed by atoms with van der Waals surface area (Å²) in [5.41, 5.74) is 8.05. The number of rotatable bonds is 7. The van der Waals surface area contributed by atoms with Crippen LogP contribution in [0.2, 0.25) is 0 Å². The summed E-state index contributed by atoms with van der Waals surface area (Å²) in [6, 6.07) is 16.3. The molecule has 0 fully saturated rings. The third kappa shape index (κ3) is 4.95. The number of hydrogen-bond donors (Lipinski definition) is 3. The summed E-state index contributed by atoms with van der Waals surface area (Å²) in [6.07, 6.45) is -1.46. The van der Waals surface area contributed by atoms with Gasteiger partial charge in [0, 0.05) is 24.8 Å². The average Bonchev–Trinajstić information content (AvgIpc) is 2.76. The summed E-state index contributed by atoms with van der Waals surface area (Å²) in [5, 5.41) is 10.0. The highest BCUT2D eigenvalue weighted by atomic mass is 19.1. The lowest BCUT2D eigenvalue weighted by Gasteiger charge is -2.19. The molecule has 3 rings (SSSR count). The minimum Gasteiger partial charge on any atom is -0.384 e. The summed E-state index contributed by atoms with van der Waals surface area (Å²) in [7, 11) is 1.23. The lowest BCUT2D eigenvalue weighted by molar-refractivity contribution is -0.131. The van der Waals surface area contributed by atoms with E-state index in [0.717, 1.165) is 17.2 Å². The number of aryl methyl sites for hydroxylation is 1. The molecule has 5 nitrogen and oxygen atoms in total. The Labute approximate surface area is 179 Å². The van der Waals surface area contributed by atoms with Crippen molar-refractivity contribution in [1.82, 2.24) is 5.32 Å². The van der Waals surface area contributed by atoms with Gasteiger partial charge in [0.05, 0.1) is 5.56 Å². The lowest BCUT2D eigenvalue weighted by atomic mass is 9.97. The highest BCUT2D eigenvalue weighted by molar-refractivity contribution is 5.94. The minimum absolute atomic E-state index is 0.0607. The smallest absolute Gasteiger partial charge is 0.254 e. The fourth-order valence-electron chi connectivity index (χ4n) is 3.21. The van der Waals surface area contributed by atoms with Crippen LogP contribution in [0.5, 0.6) is 0 Å². The van der Waals surface area contributed by atoms with Crippen LogP contribution in [0.3, 0.4) is 0 Å². The molecular formula is C24H23F2N3O2. The molecule has 0 radical (unpaired) electrons. The number of halogens is 2. The number of ether oxygens (including phenoxy) is 1. The first-order valence-corrected chi connectivity index (χ1v) is 9.60. The van der Waals surface area contributed by atoms with E-state index in [9.17, 15) is 9.18 Å². The van der Waals surface area contributed by atoms with Gasteiger partial charge in [-0.05, 0) is 30.2 Å². The van der Waals surface area contributed by atoms with E-state index in [1.54, 1.807) is 36.4 Å². The van der Waals surface area contributed by atoms with Gasteiger partial charge in [-0.3, -0.25) is 10.2 Å². The van der Waals surface area contributed by atoms with E-state index in [1.165, 1.54) is 13.2 Å². The van der Waals surface area contributed by atoms with Gasteiger partial charge in [-0.15, -0.1) is 0 Å². The number of nitrogens with one attached hydrogen (secondary N) is 2. The Morgan fingerprint density at radius 2 is 1.71 bits per heavy atom. The highest BCUT2D eigenvalue weighted by Gasteiger charge is 2.28. The standard InChI is InChI=1S/C24H23F2N3O2/c1-14-3-7-16(8-4-14)18-11-12-19(25)20(21(18)26)22(31-2)24(30)29-13-15-5-9-17(10-6-15)23(27)28/h3-12,22H,13H2,1-2H3,(H3,27,28)(H,29,30)/t22-/m0/s1. The molecule has 3 aromatic rings. The van der Waals surface area contributed by atoms with Crippen LogP contribution in [0.4, 0.5) is 8.78 Å². The normalized spacial score (nSPS) is 11.7. The number of nitrogens with two attached hydrogens (primary N) is 1. The predicted molar refractivity (Wildman–Crippen MR) is 116 cm³/mol. The van der Waals surface area contributed by atoms with Crippen molar-refractivity contribution in [2.75, 3.05) is 7.11 Å². The van der Waals surface area contributed by atoms with Gasteiger partial charge in [0.1, 0.15) is 17.5 Å². The number of carbonyl (C=O) groups is 1. The van der Waals surface area contributed by atoms with Gasteiger partial charge >= 0.3 is 0 Å². The highest BCUT2D eigenvalue weighted by Crippen LogP contribution is 2.32. The van der Waals surface area contributed by atoms with Gasteiger partial charge in [0.2, 0.25) is 0 Å². The van der Waals surface area contributed by atoms with Crippen LogP contribution >= 0.6 is 0 Å². The summed E-state index contributed by atoms with van der Waals surface area (Å²) in [6.45, 7) is 2.03. The van der Waals surface area contributed by atoms with Gasteiger partial charge in [0.15, 0.2) is 6.10 Å². The van der Waals surface area contributed by atoms with E-state index in [-0.39, 0.29) is 17.9 Å². The molecule has 0 aromatic heterocycles. The Hall–Kier alpha value is -3.58. The Morgan fingerprint density at radius 3 is 2.29 bits per heavy atom. The second kappa shape index (κ2) is 9.49. The fraction of sp³-hybridized carbons (Fsp3) is 0.167. The molecule has 0 aliphatic heterocycles. The Morgan fingerprint density at radius 1 is 1.06 bits per heavy atom. The van der Waals surface area contributed by atoms with Crippen molar-refractivity contribution in [2.24, 2.45) is 5.73 Å². The molecule has 4 N–H and O–H groups in total. The number of amides is 1. The Kier molecular flexibility index (Phi) is 6.77. The van der Waals surface area contributed by atoms with Crippen LogP contribution in [0.15, 0.2) is 60.7 Å². The number of benzene rings is 3. The minimum atomic E-state index is -1.46. The van der Waals surface area contributed by atoms with Crippen LogP contribution in [-0.2, 0) is 16.1 Å². The number of methoxy groups -OCH3 is 1. The zero-order chi connectivity index (χ0) is 22.5. The van der Waals surface area contributed by atoms with E-state index in [0.29, 0.717) is 11.1 Å². The van der Waals surface area contributed by atoms with Gasteiger partial charge < -0.3 is 15.8 Å². The van der Waals surface area contributed by atoms with Crippen LogP contribution in [-0.4, -0.2) is 18.9 Å². The van der Waals surface area contributed by atoms with Gasteiger partial charge in [-0.25, -0.2) is 8.78 Å². The number of hydrogen-bond acceptors (Lipinski definition) is 3. The Bertz CT molecular complexity index is 1100. The van der Waals surface area contributed by atoms with Crippen LogP contribution in [0.25, 0.3) is 11.1 Å². The molecule has 0 heterocycles. The van der Waals surface area contributed by atoms with Crippen molar-refractivity contribution in [3.05, 3.63) is 94.6 Å². The van der Waals surface area contributed by atoms with Crippen LogP contribution < -0.4 is 11.1 Å². The van der Waals surface area contributed by atoms with E-state index < -0.39 is 29.2 Å². The third-order valence-electron chi connectivity index (χ3n) is 4.96. The van der Waals surface area contributed by atoms with E-state index in [1.807, 2.05) is 19.1 Å². The van der Waals surface area contributed by atoms with Crippen molar-refractivity contribution in [2.45, 2.75) is 19.6 Å². The van der Waals surface area contributed by atoms with Crippen molar-refractivity contribution in [3.8, 4) is 11.1 Å². The van der Waals surface area contributed by atoms with Gasteiger partial charge in [-0.1, -0.05) is 54.1 Å². The third-order valence-corrected chi connectivity index (χ3v) is 4.96. The van der Waals surface area contributed by atoms with E-state index >= 15 is 4.39 Å². The van der Waals surface area contributed by atoms with Crippen molar-refractivity contribution in [3.63, 3.8) is 0 Å². The molecule has 1 amide bonds. The van der Waals surface area contributed by atoms with Crippen LogP contribution in [0.1, 0.15) is 28.4 Å². The average molecular weight is 423 g/mol.